The first-order valence-electron chi connectivity index (χ1n) is 3.09. The summed E-state index contributed by atoms with van der Waals surface area (Å²) >= 11 is 0. The molecule has 56 valence electrons. The topological polar surface area (TPSA) is 52.3 Å². The van der Waals surface area contributed by atoms with Crippen LogP contribution in [0.2, 0.25) is 0 Å². The smallest absolute Gasteiger partial charge is 0.232 e. The van der Waals surface area contributed by atoms with E-state index < -0.39 is 0 Å². The maximum absolute atomic E-state index is 4.89. The van der Waals surface area contributed by atoms with E-state index in [2.05, 4.69) is 15.1 Å². The molecule has 2 aromatic heterocycles. The maximum atomic E-state index is 4.89. The summed E-state index contributed by atoms with van der Waals surface area (Å²) in [5, 5.41) is 3.91. The third-order valence-electron chi connectivity index (χ3n) is 1.35. The van der Waals surface area contributed by atoms with E-state index in [0.29, 0.717) is 11.5 Å². The van der Waals surface area contributed by atoms with E-state index in [9.17, 15) is 0 Å². The highest BCUT2D eigenvalue weighted by atomic mass is 16.5. The molecule has 0 spiro atoms. The van der Waals surface area contributed by atoms with E-state index >= 15 is 0 Å². The molecule has 5 nitrogen and oxygen atoms in total. The van der Waals surface area contributed by atoms with Gasteiger partial charge in [-0.25, -0.2) is 14.5 Å². The molecule has 5 heteroatoms. The Hall–Kier alpha value is -1.65. The number of methoxy groups -OCH3 is 1. The van der Waals surface area contributed by atoms with Crippen molar-refractivity contribution in [2.24, 2.45) is 0 Å². The maximum Gasteiger partial charge on any atom is 0.232 e. The van der Waals surface area contributed by atoms with E-state index in [1.54, 1.807) is 24.0 Å². The van der Waals surface area contributed by atoms with Gasteiger partial charge in [0.1, 0.15) is 6.33 Å². The molecule has 0 fully saturated rings. The second-order valence-electron chi connectivity index (χ2n) is 1.99. The first kappa shape index (κ1) is 6.09. The minimum Gasteiger partial charge on any atom is -0.480 e. The lowest BCUT2D eigenvalue weighted by atomic mass is 10.7. The van der Waals surface area contributed by atoms with Crippen LogP contribution in [0.4, 0.5) is 0 Å². The van der Waals surface area contributed by atoms with Crippen molar-refractivity contribution in [1.29, 1.82) is 0 Å². The summed E-state index contributed by atoms with van der Waals surface area (Å²) in [6.07, 6.45) is 4.74. The molecular weight excluding hydrogens is 144 g/mol. The van der Waals surface area contributed by atoms with Gasteiger partial charge in [-0.05, 0) is 0 Å². The van der Waals surface area contributed by atoms with Gasteiger partial charge in [0.25, 0.3) is 0 Å². The molecule has 0 N–H and O–H groups in total. The van der Waals surface area contributed by atoms with Crippen molar-refractivity contribution in [2.75, 3.05) is 7.11 Å². The zero-order valence-corrected chi connectivity index (χ0v) is 5.93. The molecule has 2 aromatic rings. The van der Waals surface area contributed by atoms with Gasteiger partial charge in [0.2, 0.25) is 5.88 Å². The van der Waals surface area contributed by atoms with Crippen LogP contribution in [-0.2, 0) is 0 Å². The Labute approximate surface area is 62.7 Å². The van der Waals surface area contributed by atoms with Gasteiger partial charge in [-0.1, -0.05) is 0 Å². The van der Waals surface area contributed by atoms with E-state index in [-0.39, 0.29) is 0 Å². The van der Waals surface area contributed by atoms with Crippen molar-refractivity contribution in [3.63, 3.8) is 0 Å². The monoisotopic (exact) mass is 150 g/mol. The average Bonchev–Trinajstić information content (AvgIpc) is 2.50. The Morgan fingerprint density at radius 3 is 3.18 bits per heavy atom. The first-order chi connectivity index (χ1) is 5.40. The summed E-state index contributed by atoms with van der Waals surface area (Å²) in [5.74, 6) is 0.531. The van der Waals surface area contributed by atoms with Crippen LogP contribution in [0.1, 0.15) is 0 Å². The van der Waals surface area contributed by atoms with Crippen molar-refractivity contribution in [1.82, 2.24) is 19.6 Å². The molecule has 2 heterocycles. The number of ether oxygens (including phenoxy) is 1. The Morgan fingerprint density at radius 2 is 2.36 bits per heavy atom. The minimum atomic E-state index is 0.531. The number of fused-ring (bicyclic) bond motifs is 1. The summed E-state index contributed by atoms with van der Waals surface area (Å²) in [7, 11) is 1.56. The fraction of sp³-hybridized carbons (Fsp3) is 0.167. The van der Waals surface area contributed by atoms with Crippen LogP contribution in [-0.4, -0.2) is 26.7 Å². The molecule has 0 aliphatic heterocycles. The molecule has 0 aromatic carbocycles. The van der Waals surface area contributed by atoms with Gasteiger partial charge in [0, 0.05) is 0 Å². The highest BCUT2D eigenvalue weighted by Crippen LogP contribution is 2.04. The molecule has 0 bridgehead atoms. The van der Waals surface area contributed by atoms with Gasteiger partial charge < -0.3 is 4.74 Å². The van der Waals surface area contributed by atoms with Crippen molar-refractivity contribution >= 4 is 5.65 Å². The van der Waals surface area contributed by atoms with Crippen LogP contribution in [0.15, 0.2) is 18.7 Å². The SMILES string of the molecule is COc1cn2ncnc2cn1. The van der Waals surface area contributed by atoms with Crippen molar-refractivity contribution in [3.05, 3.63) is 18.7 Å². The Morgan fingerprint density at radius 1 is 1.45 bits per heavy atom. The number of rotatable bonds is 1. The molecule has 11 heavy (non-hydrogen) atoms. The van der Waals surface area contributed by atoms with Gasteiger partial charge >= 0.3 is 0 Å². The Kier molecular flexibility index (Phi) is 1.21. The average molecular weight is 150 g/mol. The van der Waals surface area contributed by atoms with E-state index in [0.717, 1.165) is 0 Å². The fourth-order valence-electron chi connectivity index (χ4n) is 0.816. The molecule has 0 atom stereocenters. The highest BCUT2D eigenvalue weighted by molar-refractivity contribution is 5.33. The summed E-state index contributed by atoms with van der Waals surface area (Å²) in [4.78, 5) is 7.88. The summed E-state index contributed by atoms with van der Waals surface area (Å²) in [6.45, 7) is 0. The second-order valence-corrected chi connectivity index (χ2v) is 1.99. The molecular formula is C6H6N4O. The largest absolute Gasteiger partial charge is 0.480 e. The minimum absolute atomic E-state index is 0.531. The predicted octanol–water partition coefficient (Wildman–Crippen LogP) is 0.133. The molecule has 0 amide bonds. The fourth-order valence-corrected chi connectivity index (χ4v) is 0.816. The number of hydrogen-bond donors (Lipinski definition) is 0. The van der Waals surface area contributed by atoms with E-state index in [1.165, 1.54) is 6.33 Å². The number of aromatic nitrogens is 4. The molecule has 0 radical (unpaired) electrons. The number of nitrogens with zero attached hydrogens (tertiary/aromatic N) is 4. The quantitative estimate of drug-likeness (QED) is 0.580. The number of hydrogen-bond acceptors (Lipinski definition) is 4. The molecule has 2 rings (SSSR count). The molecule has 0 aliphatic rings. The van der Waals surface area contributed by atoms with Gasteiger partial charge in [-0.3, -0.25) is 0 Å². The second kappa shape index (κ2) is 2.19. The molecule has 0 unspecified atom stereocenters. The van der Waals surface area contributed by atoms with Crippen molar-refractivity contribution < 1.29 is 4.74 Å². The van der Waals surface area contributed by atoms with Crippen LogP contribution in [0.25, 0.3) is 5.65 Å². The lowest BCUT2D eigenvalue weighted by molar-refractivity contribution is 0.394. The van der Waals surface area contributed by atoms with Gasteiger partial charge in [0.05, 0.1) is 19.5 Å². The normalized spacial score (nSPS) is 10.3. The third kappa shape index (κ3) is 0.899. The van der Waals surface area contributed by atoms with Crippen molar-refractivity contribution in [2.45, 2.75) is 0 Å². The lowest BCUT2D eigenvalue weighted by Crippen LogP contribution is -1.92. The van der Waals surface area contributed by atoms with E-state index in [1.807, 2.05) is 0 Å². The first-order valence-corrected chi connectivity index (χ1v) is 3.09. The molecule has 0 aliphatic carbocycles. The third-order valence-corrected chi connectivity index (χ3v) is 1.35. The molecule has 0 saturated heterocycles. The Bertz CT molecular complexity index is 369. The lowest BCUT2D eigenvalue weighted by Gasteiger charge is -1.96. The predicted molar refractivity (Wildman–Crippen MR) is 37.3 cm³/mol. The van der Waals surface area contributed by atoms with Gasteiger partial charge in [-0.2, -0.15) is 5.10 Å². The highest BCUT2D eigenvalue weighted by Gasteiger charge is 1.96. The molecule has 0 saturated carbocycles. The van der Waals surface area contributed by atoms with Crippen molar-refractivity contribution in [3.8, 4) is 5.88 Å². The summed E-state index contributed by atoms with van der Waals surface area (Å²) in [5.41, 5.74) is 0.714. The van der Waals surface area contributed by atoms with Crippen LogP contribution in [0.3, 0.4) is 0 Å². The zero-order valence-electron chi connectivity index (χ0n) is 5.93. The zero-order chi connectivity index (χ0) is 7.68. The summed E-state index contributed by atoms with van der Waals surface area (Å²) in [6, 6.07) is 0. The van der Waals surface area contributed by atoms with Crippen LogP contribution >= 0.6 is 0 Å². The Balaban J connectivity index is 2.67. The van der Waals surface area contributed by atoms with Gasteiger partial charge in [0.15, 0.2) is 5.65 Å². The van der Waals surface area contributed by atoms with Crippen LogP contribution in [0, 0.1) is 0 Å². The van der Waals surface area contributed by atoms with E-state index in [4.69, 9.17) is 4.74 Å². The summed E-state index contributed by atoms with van der Waals surface area (Å²) < 4.78 is 6.49. The van der Waals surface area contributed by atoms with Crippen LogP contribution < -0.4 is 4.74 Å². The van der Waals surface area contributed by atoms with Crippen LogP contribution in [0.5, 0.6) is 5.88 Å². The van der Waals surface area contributed by atoms with Gasteiger partial charge in [-0.15, -0.1) is 0 Å². The standard InChI is InChI=1S/C6H6N4O/c1-11-6-3-10-5(2-7-6)8-4-9-10/h2-4H,1H3.